The largest absolute Gasteiger partial charge is 0.366 e. The van der Waals surface area contributed by atoms with Gasteiger partial charge >= 0.3 is 0 Å². The molecule has 0 aliphatic heterocycles. The zero-order valence-corrected chi connectivity index (χ0v) is 13.0. The maximum absolute atomic E-state index is 12.3. The molecule has 3 aromatic rings. The van der Waals surface area contributed by atoms with Crippen LogP contribution in [0.1, 0.15) is 10.4 Å². The van der Waals surface area contributed by atoms with Gasteiger partial charge in [-0.25, -0.2) is 4.68 Å². The van der Waals surface area contributed by atoms with Gasteiger partial charge in [0.05, 0.1) is 10.8 Å². The fraction of sp³-hybridized carbons (Fsp3) is 0.0588. The van der Waals surface area contributed by atoms with E-state index in [1.165, 1.54) is 30.3 Å². The highest BCUT2D eigenvalue weighted by molar-refractivity contribution is 5.94. The lowest BCUT2D eigenvalue weighted by molar-refractivity contribution is -0.117. The summed E-state index contributed by atoms with van der Waals surface area (Å²) in [7, 11) is 0. The second-order valence-electron chi connectivity index (χ2n) is 5.37. The van der Waals surface area contributed by atoms with E-state index in [1.54, 1.807) is 18.2 Å². The van der Waals surface area contributed by atoms with E-state index in [4.69, 9.17) is 5.73 Å². The Balaban J connectivity index is 1.82. The molecule has 0 aliphatic carbocycles. The number of nitrogens with two attached hydrogens (primary N) is 1. The van der Waals surface area contributed by atoms with E-state index in [2.05, 4.69) is 10.4 Å². The highest BCUT2D eigenvalue weighted by atomic mass is 16.2. The fourth-order valence-corrected chi connectivity index (χ4v) is 2.42. The topological polar surface area (TPSA) is 127 Å². The van der Waals surface area contributed by atoms with E-state index in [0.717, 1.165) is 4.68 Å². The quantitative estimate of drug-likeness (QED) is 0.637. The summed E-state index contributed by atoms with van der Waals surface area (Å²) >= 11 is 0. The number of nitrogens with one attached hydrogen (secondary N) is 2. The Morgan fingerprint density at radius 1 is 1.00 bits per heavy atom. The standard InChI is InChI=1S/C17H14N4O4/c18-15(23)10-5-7-11(8-6-10)19-14(22)9-21-17(25)13-4-2-1-3-12(13)16(24)20-21/h1-8H,9H2,(H2,18,23)(H,19,22)(H,20,24). The molecular weight excluding hydrogens is 324 g/mol. The lowest BCUT2D eigenvalue weighted by Gasteiger charge is -2.08. The van der Waals surface area contributed by atoms with Crippen molar-refractivity contribution in [3.05, 3.63) is 74.8 Å². The molecular formula is C17H14N4O4. The van der Waals surface area contributed by atoms with Gasteiger partial charge in [0, 0.05) is 11.3 Å². The van der Waals surface area contributed by atoms with Gasteiger partial charge in [0.25, 0.3) is 11.1 Å². The van der Waals surface area contributed by atoms with Crippen molar-refractivity contribution < 1.29 is 9.59 Å². The van der Waals surface area contributed by atoms with Crippen LogP contribution in [0.3, 0.4) is 0 Å². The van der Waals surface area contributed by atoms with Crippen LogP contribution in [0.2, 0.25) is 0 Å². The lowest BCUT2D eigenvalue weighted by Crippen LogP contribution is -2.34. The number of fused-ring (bicyclic) bond motifs is 1. The summed E-state index contributed by atoms with van der Waals surface area (Å²) in [6.45, 7) is -0.351. The highest BCUT2D eigenvalue weighted by Gasteiger charge is 2.10. The van der Waals surface area contributed by atoms with Gasteiger partial charge in [0.1, 0.15) is 6.54 Å². The molecule has 8 heteroatoms. The Labute approximate surface area is 140 Å². The highest BCUT2D eigenvalue weighted by Crippen LogP contribution is 2.09. The predicted octanol–water partition coefficient (Wildman–Crippen LogP) is 0.427. The Morgan fingerprint density at radius 2 is 1.64 bits per heavy atom. The molecule has 0 bridgehead atoms. The molecule has 4 N–H and O–H groups in total. The molecule has 0 saturated carbocycles. The number of benzene rings is 2. The molecule has 126 valence electrons. The minimum atomic E-state index is -0.571. The van der Waals surface area contributed by atoms with Crippen molar-refractivity contribution in [3.8, 4) is 0 Å². The molecule has 0 radical (unpaired) electrons. The van der Waals surface area contributed by atoms with Gasteiger partial charge in [-0.3, -0.25) is 24.3 Å². The van der Waals surface area contributed by atoms with Gasteiger partial charge < -0.3 is 11.1 Å². The normalized spacial score (nSPS) is 10.6. The van der Waals surface area contributed by atoms with Crippen LogP contribution in [0.15, 0.2) is 58.1 Å². The van der Waals surface area contributed by atoms with E-state index in [0.29, 0.717) is 11.3 Å². The van der Waals surface area contributed by atoms with Crippen molar-refractivity contribution in [2.75, 3.05) is 5.32 Å². The Kier molecular flexibility index (Phi) is 4.17. The van der Waals surface area contributed by atoms with Crippen LogP contribution in [0, 0.1) is 0 Å². The number of carbonyl (C=O) groups excluding carboxylic acids is 2. The summed E-state index contributed by atoms with van der Waals surface area (Å²) in [6, 6.07) is 12.4. The molecule has 1 heterocycles. The minimum absolute atomic E-state index is 0.241. The van der Waals surface area contributed by atoms with Crippen molar-refractivity contribution in [2.24, 2.45) is 5.73 Å². The second kappa shape index (κ2) is 6.44. The average molecular weight is 338 g/mol. The molecule has 1 aromatic heterocycles. The molecule has 0 spiro atoms. The van der Waals surface area contributed by atoms with Crippen molar-refractivity contribution in [1.82, 2.24) is 9.78 Å². The zero-order valence-electron chi connectivity index (χ0n) is 13.0. The van der Waals surface area contributed by atoms with E-state index in [-0.39, 0.29) is 17.3 Å². The third kappa shape index (κ3) is 3.32. The van der Waals surface area contributed by atoms with E-state index in [1.807, 2.05) is 0 Å². The average Bonchev–Trinajstić information content (AvgIpc) is 2.60. The smallest absolute Gasteiger partial charge is 0.273 e. The zero-order chi connectivity index (χ0) is 18.0. The number of amides is 2. The lowest BCUT2D eigenvalue weighted by atomic mass is 10.2. The molecule has 0 aliphatic rings. The number of rotatable bonds is 4. The first-order valence-electron chi connectivity index (χ1n) is 7.37. The number of aromatic amines is 1. The molecule has 3 rings (SSSR count). The molecule has 2 aromatic carbocycles. The molecule has 0 unspecified atom stereocenters. The molecule has 0 atom stereocenters. The molecule has 2 amide bonds. The van der Waals surface area contributed by atoms with Gasteiger partial charge in [0.15, 0.2) is 0 Å². The monoisotopic (exact) mass is 338 g/mol. The predicted molar refractivity (Wildman–Crippen MR) is 92.4 cm³/mol. The van der Waals surface area contributed by atoms with Crippen molar-refractivity contribution >= 4 is 28.3 Å². The maximum atomic E-state index is 12.3. The van der Waals surface area contributed by atoms with Crippen LogP contribution in [-0.4, -0.2) is 21.6 Å². The van der Waals surface area contributed by atoms with Crippen LogP contribution in [0.5, 0.6) is 0 Å². The summed E-state index contributed by atoms with van der Waals surface area (Å²) < 4.78 is 0.956. The number of aromatic nitrogens is 2. The number of H-pyrrole nitrogens is 1. The van der Waals surface area contributed by atoms with Crippen LogP contribution < -0.4 is 22.2 Å². The van der Waals surface area contributed by atoms with Crippen LogP contribution in [-0.2, 0) is 11.3 Å². The van der Waals surface area contributed by atoms with Crippen molar-refractivity contribution in [3.63, 3.8) is 0 Å². The first-order valence-corrected chi connectivity index (χ1v) is 7.37. The first kappa shape index (κ1) is 16.2. The van der Waals surface area contributed by atoms with Gasteiger partial charge in [0.2, 0.25) is 11.8 Å². The summed E-state index contributed by atoms with van der Waals surface area (Å²) in [5.41, 5.74) is 4.98. The van der Waals surface area contributed by atoms with E-state index < -0.39 is 22.9 Å². The number of primary amides is 1. The number of hydrogen-bond donors (Lipinski definition) is 3. The SMILES string of the molecule is NC(=O)c1ccc(NC(=O)Cn2[nH]c(=O)c3ccccc3c2=O)cc1. The molecule has 0 fully saturated rings. The van der Waals surface area contributed by atoms with E-state index >= 15 is 0 Å². The third-order valence-electron chi connectivity index (χ3n) is 3.64. The second-order valence-corrected chi connectivity index (χ2v) is 5.37. The number of hydrogen-bond acceptors (Lipinski definition) is 4. The van der Waals surface area contributed by atoms with Gasteiger partial charge in [-0.15, -0.1) is 0 Å². The fourth-order valence-electron chi connectivity index (χ4n) is 2.42. The number of nitrogens with zero attached hydrogens (tertiary/aromatic N) is 1. The molecule has 25 heavy (non-hydrogen) atoms. The summed E-state index contributed by atoms with van der Waals surface area (Å²) in [5.74, 6) is -1.07. The Morgan fingerprint density at radius 3 is 2.28 bits per heavy atom. The summed E-state index contributed by atoms with van der Waals surface area (Å²) in [5, 5.41) is 5.47. The summed E-state index contributed by atoms with van der Waals surface area (Å²) in [6.07, 6.45) is 0. The van der Waals surface area contributed by atoms with Crippen LogP contribution >= 0.6 is 0 Å². The van der Waals surface area contributed by atoms with Crippen molar-refractivity contribution in [2.45, 2.75) is 6.54 Å². The summed E-state index contributed by atoms with van der Waals surface area (Å²) in [4.78, 5) is 47.5. The number of carbonyl (C=O) groups is 2. The Hall–Kier alpha value is -3.68. The van der Waals surface area contributed by atoms with Crippen LogP contribution in [0.25, 0.3) is 10.8 Å². The molecule has 8 nitrogen and oxygen atoms in total. The van der Waals surface area contributed by atoms with Gasteiger partial charge in [-0.2, -0.15) is 0 Å². The Bertz CT molecular complexity index is 1080. The first-order chi connectivity index (χ1) is 12.0. The van der Waals surface area contributed by atoms with Gasteiger partial charge in [-0.1, -0.05) is 12.1 Å². The van der Waals surface area contributed by atoms with Crippen LogP contribution in [0.4, 0.5) is 5.69 Å². The third-order valence-corrected chi connectivity index (χ3v) is 3.64. The molecule has 0 saturated heterocycles. The van der Waals surface area contributed by atoms with Gasteiger partial charge in [-0.05, 0) is 36.4 Å². The number of anilines is 1. The maximum Gasteiger partial charge on any atom is 0.273 e. The van der Waals surface area contributed by atoms with E-state index in [9.17, 15) is 19.2 Å². The van der Waals surface area contributed by atoms with Crippen molar-refractivity contribution in [1.29, 1.82) is 0 Å². The minimum Gasteiger partial charge on any atom is -0.366 e.